The number of anilines is 1. The van der Waals surface area contributed by atoms with E-state index in [1.807, 2.05) is 0 Å². The Kier molecular flexibility index (Phi) is 9.04. The van der Waals surface area contributed by atoms with Crippen LogP contribution in [-0.4, -0.2) is 116 Å². The average Bonchev–Trinajstić information content (AvgIpc) is 3.77. The number of fused-ring (bicyclic) bond motifs is 1. The van der Waals surface area contributed by atoms with Crippen LogP contribution in [0.1, 0.15) is 37.8 Å². The minimum absolute atomic E-state index is 0.106. The zero-order valence-corrected chi connectivity index (χ0v) is 26.4. The lowest BCUT2D eigenvalue weighted by atomic mass is 10.0. The van der Waals surface area contributed by atoms with Gasteiger partial charge in [-0.15, -0.1) is 23.1 Å². The standard InChI is InChI=1S/C29H33N7O8S2/c1-2-9-43-29(42)34-11-17(12-34)35-8-7-15(24(35)38)10-16-13-45-26-21(25(39)36(26)22(16)27(40)41)32-23(37)20(19-14-46-28(30)31-19)33-44-18-5-3-4-6-18/h2,10,14,17-18,21,26H,1,3-9,11-13H2,(H2,30,31)(H,32,37)(H,40,41)/t21-,26-/m1/s1. The maximum absolute atomic E-state index is 13.4. The number of allylic oxidation sites excluding steroid dienone is 1. The van der Waals surface area contributed by atoms with Crippen LogP contribution in [0.2, 0.25) is 0 Å². The van der Waals surface area contributed by atoms with Crippen molar-refractivity contribution in [3.8, 4) is 0 Å². The number of amides is 4. The summed E-state index contributed by atoms with van der Waals surface area (Å²) in [6.45, 7) is 4.75. The number of nitrogen functional groups attached to an aromatic ring is 1. The third-order valence-corrected chi connectivity index (χ3v) is 10.4. The van der Waals surface area contributed by atoms with E-state index in [-0.39, 0.29) is 52.6 Å². The predicted octanol–water partition coefficient (Wildman–Crippen LogP) is 1.29. The Morgan fingerprint density at radius 3 is 2.67 bits per heavy atom. The van der Waals surface area contributed by atoms with Gasteiger partial charge in [-0.3, -0.25) is 19.3 Å². The van der Waals surface area contributed by atoms with Crippen LogP contribution in [-0.2, 0) is 28.8 Å². The van der Waals surface area contributed by atoms with Gasteiger partial charge >= 0.3 is 12.1 Å². The number of nitrogens with one attached hydrogen (secondary N) is 1. The molecule has 17 heteroatoms. The molecule has 1 aliphatic carbocycles. The molecule has 15 nitrogen and oxygen atoms in total. The lowest BCUT2D eigenvalue weighted by Crippen LogP contribution is -2.71. The summed E-state index contributed by atoms with van der Waals surface area (Å²) in [5.41, 5.74) is 6.43. The molecule has 0 unspecified atom stereocenters. The average molecular weight is 672 g/mol. The lowest BCUT2D eigenvalue weighted by Gasteiger charge is -2.49. The Balaban J connectivity index is 1.13. The maximum Gasteiger partial charge on any atom is 0.410 e. The number of carboxylic acid groups (broad SMARTS) is 1. The minimum atomic E-state index is -1.31. The van der Waals surface area contributed by atoms with Crippen LogP contribution in [0, 0.1) is 0 Å². The van der Waals surface area contributed by atoms with Crippen LogP contribution in [0.4, 0.5) is 9.93 Å². The van der Waals surface area contributed by atoms with Crippen molar-refractivity contribution in [1.29, 1.82) is 0 Å². The number of aromatic nitrogens is 1. The van der Waals surface area contributed by atoms with Crippen LogP contribution in [0.25, 0.3) is 0 Å². The molecule has 4 fully saturated rings. The molecule has 5 heterocycles. The van der Waals surface area contributed by atoms with Gasteiger partial charge in [0.05, 0.1) is 6.04 Å². The second kappa shape index (κ2) is 13.2. The summed E-state index contributed by atoms with van der Waals surface area (Å²) in [6.07, 6.45) is 6.52. The first-order valence-corrected chi connectivity index (χ1v) is 16.8. The number of β-lactam (4-membered cyclic amide) rings is 1. The Labute approximate surface area is 272 Å². The normalized spacial score (nSPS) is 24.6. The highest BCUT2D eigenvalue weighted by atomic mass is 32.2. The van der Waals surface area contributed by atoms with Crippen LogP contribution < -0.4 is 11.1 Å². The number of thiazole rings is 1. The smallest absolute Gasteiger partial charge is 0.410 e. The predicted molar refractivity (Wildman–Crippen MR) is 167 cm³/mol. The third-order valence-electron chi connectivity index (χ3n) is 8.45. The number of ether oxygens (including phenoxy) is 1. The van der Waals surface area contributed by atoms with Crippen molar-refractivity contribution >= 4 is 63.7 Å². The summed E-state index contributed by atoms with van der Waals surface area (Å²) in [5, 5.41) is 18.0. The quantitative estimate of drug-likeness (QED) is 0.107. The van der Waals surface area contributed by atoms with Crippen molar-refractivity contribution in [2.45, 2.75) is 55.7 Å². The monoisotopic (exact) mass is 671 g/mol. The number of oxime groups is 1. The first-order valence-electron chi connectivity index (χ1n) is 14.9. The van der Waals surface area contributed by atoms with E-state index < -0.39 is 35.3 Å². The van der Waals surface area contributed by atoms with Crippen molar-refractivity contribution in [2.24, 2.45) is 5.16 Å². The molecule has 4 N–H and O–H groups in total. The highest BCUT2D eigenvalue weighted by molar-refractivity contribution is 8.00. The number of carbonyl (C=O) groups is 5. The van der Waals surface area contributed by atoms with Crippen molar-refractivity contribution < 1.29 is 38.7 Å². The largest absolute Gasteiger partial charge is 0.477 e. The first-order chi connectivity index (χ1) is 22.2. The molecule has 0 spiro atoms. The summed E-state index contributed by atoms with van der Waals surface area (Å²) in [6, 6.07) is -1.16. The summed E-state index contributed by atoms with van der Waals surface area (Å²) < 4.78 is 5.03. The maximum atomic E-state index is 13.4. The van der Waals surface area contributed by atoms with E-state index in [9.17, 15) is 29.1 Å². The molecule has 2 atom stereocenters. The number of hydrogen-bond acceptors (Lipinski definition) is 12. The third kappa shape index (κ3) is 6.08. The molecule has 1 aromatic heterocycles. The molecule has 46 heavy (non-hydrogen) atoms. The Bertz CT molecular complexity index is 1560. The van der Waals surface area contributed by atoms with Crippen LogP contribution in [0.15, 0.2) is 46.1 Å². The molecule has 0 bridgehead atoms. The van der Waals surface area contributed by atoms with E-state index in [4.69, 9.17) is 15.3 Å². The van der Waals surface area contributed by atoms with Gasteiger partial charge in [-0.25, -0.2) is 14.6 Å². The van der Waals surface area contributed by atoms with Crippen LogP contribution >= 0.6 is 23.1 Å². The fourth-order valence-electron chi connectivity index (χ4n) is 6.04. The second-order valence-electron chi connectivity index (χ2n) is 11.4. The molecular formula is C29H33N7O8S2. The Morgan fingerprint density at radius 1 is 1.24 bits per heavy atom. The van der Waals surface area contributed by atoms with Crippen LogP contribution in [0.3, 0.4) is 0 Å². The van der Waals surface area contributed by atoms with E-state index in [2.05, 4.69) is 22.0 Å². The minimum Gasteiger partial charge on any atom is -0.477 e. The highest BCUT2D eigenvalue weighted by Crippen LogP contribution is 2.41. The topological polar surface area (TPSA) is 197 Å². The summed E-state index contributed by atoms with van der Waals surface area (Å²) in [4.78, 5) is 78.4. The molecule has 244 valence electrons. The van der Waals surface area contributed by atoms with E-state index in [1.54, 1.807) is 16.4 Å². The van der Waals surface area contributed by atoms with Gasteiger partial charge in [0, 0.05) is 36.3 Å². The van der Waals surface area contributed by atoms with Gasteiger partial charge < -0.3 is 35.5 Å². The Hall–Kier alpha value is -4.38. The zero-order valence-electron chi connectivity index (χ0n) is 24.8. The highest BCUT2D eigenvalue weighted by Gasteiger charge is 2.54. The van der Waals surface area contributed by atoms with E-state index in [0.29, 0.717) is 37.2 Å². The van der Waals surface area contributed by atoms with Gasteiger partial charge in [0.25, 0.3) is 11.8 Å². The molecule has 0 radical (unpaired) electrons. The van der Waals surface area contributed by atoms with Gasteiger partial charge in [0.1, 0.15) is 35.5 Å². The second-order valence-corrected chi connectivity index (χ2v) is 13.4. The van der Waals surface area contributed by atoms with Gasteiger partial charge in [-0.2, -0.15) is 0 Å². The van der Waals surface area contributed by atoms with Gasteiger partial charge in [-0.1, -0.05) is 17.8 Å². The SMILES string of the molecule is C=CCOC(=O)N1CC(N2CCC(=CC3=C(C(=O)O)N4C(=O)[C@@H](NC(=O)C(=NOC5CCCC5)c5csc(N)n5)[C@H]4SC3)C2=O)C1. The van der Waals surface area contributed by atoms with Gasteiger partial charge in [0.2, 0.25) is 5.91 Å². The van der Waals surface area contributed by atoms with Gasteiger partial charge in [-0.05, 0) is 43.8 Å². The molecule has 4 amide bonds. The van der Waals surface area contributed by atoms with E-state index in [1.165, 1.54) is 22.7 Å². The number of carboxylic acids is 1. The fourth-order valence-corrected chi connectivity index (χ4v) is 7.89. The number of thioether (sulfide) groups is 1. The van der Waals surface area contributed by atoms with Crippen LogP contribution in [0.5, 0.6) is 0 Å². The molecule has 4 aliphatic heterocycles. The lowest BCUT2D eigenvalue weighted by molar-refractivity contribution is -0.150. The number of hydrogen-bond donors (Lipinski definition) is 3. The number of carbonyl (C=O) groups excluding carboxylic acids is 4. The number of rotatable bonds is 10. The number of aliphatic carboxylic acids is 1. The molecule has 0 aromatic carbocycles. The first kappa shape index (κ1) is 31.6. The molecule has 3 saturated heterocycles. The number of nitrogens with two attached hydrogens (primary N) is 1. The van der Waals surface area contributed by atoms with Crippen molar-refractivity contribution in [3.63, 3.8) is 0 Å². The summed E-state index contributed by atoms with van der Waals surface area (Å²) >= 11 is 2.42. The molecule has 6 rings (SSSR count). The number of nitrogens with zero attached hydrogens (tertiary/aromatic N) is 5. The number of likely N-dealkylation sites (tertiary alicyclic amines) is 2. The molecule has 1 aromatic rings. The van der Waals surface area contributed by atoms with E-state index >= 15 is 0 Å². The fraction of sp³-hybridized carbons (Fsp3) is 0.483. The Morgan fingerprint density at radius 2 is 2.00 bits per heavy atom. The van der Waals surface area contributed by atoms with Crippen molar-refractivity contribution in [2.75, 3.05) is 37.7 Å². The zero-order chi connectivity index (χ0) is 32.5. The molecule has 5 aliphatic rings. The molecule has 1 saturated carbocycles. The van der Waals surface area contributed by atoms with Gasteiger partial charge in [0.15, 0.2) is 10.8 Å². The molecular weight excluding hydrogens is 638 g/mol. The van der Waals surface area contributed by atoms with Crippen molar-refractivity contribution in [3.05, 3.63) is 46.6 Å². The summed E-state index contributed by atoms with van der Waals surface area (Å²) in [5.74, 6) is -2.61. The van der Waals surface area contributed by atoms with E-state index in [0.717, 1.165) is 41.9 Å². The summed E-state index contributed by atoms with van der Waals surface area (Å²) in [7, 11) is 0. The van der Waals surface area contributed by atoms with Crippen molar-refractivity contribution in [1.82, 2.24) is 25.0 Å².